The van der Waals surface area contributed by atoms with Crippen molar-refractivity contribution in [2.24, 2.45) is 0 Å². The topological polar surface area (TPSA) is 37.3 Å². The molecular formula is C16H16O2. The highest BCUT2D eigenvalue weighted by molar-refractivity contribution is 5.90. The molecule has 0 atom stereocenters. The van der Waals surface area contributed by atoms with E-state index in [-0.39, 0.29) is 0 Å². The monoisotopic (exact) mass is 240 g/mol. The molecule has 0 radical (unpaired) electrons. The lowest BCUT2D eigenvalue weighted by atomic mass is 9.94. The highest BCUT2D eigenvalue weighted by Crippen LogP contribution is 2.27. The number of aromatic carboxylic acids is 1. The van der Waals surface area contributed by atoms with Gasteiger partial charge in [0.05, 0.1) is 5.56 Å². The second-order valence-corrected chi connectivity index (χ2v) is 4.64. The van der Waals surface area contributed by atoms with Crippen molar-refractivity contribution < 1.29 is 9.90 Å². The highest BCUT2D eigenvalue weighted by atomic mass is 16.4. The lowest BCUT2D eigenvalue weighted by molar-refractivity contribution is 0.0697. The summed E-state index contributed by atoms with van der Waals surface area (Å²) >= 11 is 0. The molecule has 2 rings (SSSR count). The third-order valence-corrected chi connectivity index (χ3v) is 3.24. The molecule has 2 aromatic rings. The number of carboxylic acids is 1. The van der Waals surface area contributed by atoms with Crippen LogP contribution in [-0.4, -0.2) is 11.1 Å². The van der Waals surface area contributed by atoms with Gasteiger partial charge in [-0.3, -0.25) is 0 Å². The summed E-state index contributed by atoms with van der Waals surface area (Å²) in [5.74, 6) is -0.884. The Morgan fingerprint density at radius 3 is 2.44 bits per heavy atom. The third-order valence-electron chi connectivity index (χ3n) is 3.24. The zero-order chi connectivity index (χ0) is 13.3. The molecule has 0 fully saturated rings. The summed E-state index contributed by atoms with van der Waals surface area (Å²) < 4.78 is 0. The number of carbonyl (C=O) groups is 1. The molecule has 0 unspecified atom stereocenters. The second-order valence-electron chi connectivity index (χ2n) is 4.64. The maximum absolute atomic E-state index is 11.1. The maximum atomic E-state index is 11.1. The first-order valence-corrected chi connectivity index (χ1v) is 5.90. The Labute approximate surface area is 107 Å². The Kier molecular flexibility index (Phi) is 3.19. The number of carboxylic acid groups (broad SMARTS) is 1. The van der Waals surface area contributed by atoms with Crippen molar-refractivity contribution in [1.29, 1.82) is 0 Å². The van der Waals surface area contributed by atoms with Crippen molar-refractivity contribution in [3.63, 3.8) is 0 Å². The first kappa shape index (κ1) is 12.4. The second kappa shape index (κ2) is 4.65. The molecule has 0 saturated carbocycles. The van der Waals surface area contributed by atoms with Gasteiger partial charge in [0.1, 0.15) is 0 Å². The molecule has 0 aliphatic heterocycles. The van der Waals surface area contributed by atoms with Gasteiger partial charge in [-0.15, -0.1) is 0 Å². The predicted molar refractivity (Wildman–Crippen MR) is 73.0 cm³/mol. The molecule has 0 heterocycles. The van der Waals surface area contributed by atoms with E-state index in [2.05, 4.69) is 19.9 Å². The Morgan fingerprint density at radius 2 is 1.78 bits per heavy atom. The van der Waals surface area contributed by atoms with Gasteiger partial charge in [0.2, 0.25) is 0 Å². The Bertz CT molecular complexity index is 612. The van der Waals surface area contributed by atoms with Gasteiger partial charge in [-0.25, -0.2) is 4.79 Å². The number of rotatable bonds is 2. The molecule has 0 bridgehead atoms. The molecule has 92 valence electrons. The molecule has 1 N–H and O–H groups in total. The van der Waals surface area contributed by atoms with Gasteiger partial charge in [0.15, 0.2) is 0 Å². The van der Waals surface area contributed by atoms with E-state index >= 15 is 0 Å². The van der Waals surface area contributed by atoms with Crippen LogP contribution in [-0.2, 0) is 0 Å². The minimum Gasteiger partial charge on any atom is -0.478 e. The molecule has 0 spiro atoms. The van der Waals surface area contributed by atoms with E-state index in [1.54, 1.807) is 12.1 Å². The molecule has 2 heteroatoms. The minimum atomic E-state index is -0.884. The van der Waals surface area contributed by atoms with Crippen LogP contribution >= 0.6 is 0 Å². The summed E-state index contributed by atoms with van der Waals surface area (Å²) in [7, 11) is 0. The van der Waals surface area contributed by atoms with Crippen molar-refractivity contribution in [2.45, 2.75) is 20.8 Å². The van der Waals surface area contributed by atoms with Gasteiger partial charge in [0, 0.05) is 0 Å². The van der Waals surface area contributed by atoms with Gasteiger partial charge in [-0.1, -0.05) is 24.3 Å². The van der Waals surface area contributed by atoms with Crippen molar-refractivity contribution >= 4 is 5.97 Å². The SMILES string of the molecule is Cc1cc(C(=O)O)cc(-c2cccc(C)c2C)c1. The van der Waals surface area contributed by atoms with Gasteiger partial charge in [-0.2, -0.15) is 0 Å². The van der Waals surface area contributed by atoms with E-state index in [0.717, 1.165) is 16.7 Å². The Hall–Kier alpha value is -2.09. The molecular weight excluding hydrogens is 224 g/mol. The predicted octanol–water partition coefficient (Wildman–Crippen LogP) is 3.98. The van der Waals surface area contributed by atoms with E-state index in [1.807, 2.05) is 25.1 Å². The number of benzene rings is 2. The summed E-state index contributed by atoms with van der Waals surface area (Å²) in [5.41, 5.74) is 5.77. The van der Waals surface area contributed by atoms with Gasteiger partial charge in [0.25, 0.3) is 0 Å². The van der Waals surface area contributed by atoms with Crippen molar-refractivity contribution in [2.75, 3.05) is 0 Å². The summed E-state index contributed by atoms with van der Waals surface area (Å²) in [6.07, 6.45) is 0. The van der Waals surface area contributed by atoms with Crippen LogP contribution in [0.25, 0.3) is 11.1 Å². The van der Waals surface area contributed by atoms with E-state index in [4.69, 9.17) is 5.11 Å². The minimum absolute atomic E-state index is 0.339. The third kappa shape index (κ3) is 2.28. The maximum Gasteiger partial charge on any atom is 0.335 e. The van der Waals surface area contributed by atoms with E-state index in [0.29, 0.717) is 5.56 Å². The van der Waals surface area contributed by atoms with Crippen LogP contribution < -0.4 is 0 Å². The van der Waals surface area contributed by atoms with Crippen LogP contribution in [0.4, 0.5) is 0 Å². The zero-order valence-electron chi connectivity index (χ0n) is 10.8. The molecule has 18 heavy (non-hydrogen) atoms. The average Bonchev–Trinajstić information content (AvgIpc) is 2.31. The Morgan fingerprint density at radius 1 is 1.06 bits per heavy atom. The normalized spacial score (nSPS) is 10.4. The van der Waals surface area contributed by atoms with Crippen LogP contribution in [0, 0.1) is 20.8 Å². The number of hydrogen-bond acceptors (Lipinski definition) is 1. The fraction of sp³-hybridized carbons (Fsp3) is 0.188. The Balaban J connectivity index is 2.64. The first-order valence-electron chi connectivity index (χ1n) is 5.90. The standard InChI is InChI=1S/C16H16O2/c1-10-7-13(9-14(8-10)16(17)18)15-6-4-5-11(2)12(15)3/h4-9H,1-3H3,(H,17,18). The molecule has 2 nitrogen and oxygen atoms in total. The van der Waals surface area contributed by atoms with E-state index in [9.17, 15) is 4.79 Å². The van der Waals surface area contributed by atoms with Crippen LogP contribution in [0.15, 0.2) is 36.4 Å². The van der Waals surface area contributed by atoms with E-state index < -0.39 is 5.97 Å². The molecule has 0 amide bonds. The number of hydrogen-bond donors (Lipinski definition) is 1. The zero-order valence-corrected chi connectivity index (χ0v) is 10.8. The molecule has 0 aliphatic carbocycles. The van der Waals surface area contributed by atoms with Crippen LogP contribution in [0.5, 0.6) is 0 Å². The van der Waals surface area contributed by atoms with Crippen LogP contribution in [0.2, 0.25) is 0 Å². The first-order chi connectivity index (χ1) is 8.49. The largest absolute Gasteiger partial charge is 0.478 e. The summed E-state index contributed by atoms with van der Waals surface area (Å²) in [4.78, 5) is 11.1. The van der Waals surface area contributed by atoms with Gasteiger partial charge >= 0.3 is 5.97 Å². The fourth-order valence-electron chi connectivity index (χ4n) is 2.13. The lowest BCUT2D eigenvalue weighted by Crippen LogP contribution is -1.98. The van der Waals surface area contributed by atoms with Crippen molar-refractivity contribution in [3.8, 4) is 11.1 Å². The van der Waals surface area contributed by atoms with E-state index in [1.165, 1.54) is 11.1 Å². The summed E-state index contributed by atoms with van der Waals surface area (Å²) in [6, 6.07) is 11.5. The molecule has 2 aromatic carbocycles. The van der Waals surface area contributed by atoms with Crippen LogP contribution in [0.3, 0.4) is 0 Å². The molecule has 0 aromatic heterocycles. The quantitative estimate of drug-likeness (QED) is 0.862. The summed E-state index contributed by atoms with van der Waals surface area (Å²) in [6.45, 7) is 6.04. The van der Waals surface area contributed by atoms with Crippen molar-refractivity contribution in [1.82, 2.24) is 0 Å². The van der Waals surface area contributed by atoms with Crippen molar-refractivity contribution in [3.05, 3.63) is 58.7 Å². The number of aryl methyl sites for hydroxylation is 2. The van der Waals surface area contributed by atoms with Crippen LogP contribution in [0.1, 0.15) is 27.0 Å². The fourth-order valence-corrected chi connectivity index (χ4v) is 2.13. The summed E-state index contributed by atoms with van der Waals surface area (Å²) in [5, 5.41) is 9.10. The average molecular weight is 240 g/mol. The molecule has 0 saturated heterocycles. The van der Waals surface area contributed by atoms with Gasteiger partial charge < -0.3 is 5.11 Å². The lowest BCUT2D eigenvalue weighted by Gasteiger charge is -2.10. The smallest absolute Gasteiger partial charge is 0.335 e. The highest BCUT2D eigenvalue weighted by Gasteiger charge is 2.09. The van der Waals surface area contributed by atoms with Gasteiger partial charge in [-0.05, 0) is 60.7 Å². The molecule has 0 aliphatic rings.